The molecule has 0 saturated heterocycles. The highest BCUT2D eigenvalue weighted by Gasteiger charge is 2.07. The summed E-state index contributed by atoms with van der Waals surface area (Å²) in [6.45, 7) is 0. The van der Waals surface area contributed by atoms with Gasteiger partial charge >= 0.3 is 0 Å². The molecule has 0 fully saturated rings. The molecule has 0 bridgehead atoms. The summed E-state index contributed by atoms with van der Waals surface area (Å²) in [7, 11) is 1.60. The number of halogens is 2. The van der Waals surface area contributed by atoms with E-state index in [1.165, 1.54) is 0 Å². The molecule has 0 aliphatic heterocycles. The van der Waals surface area contributed by atoms with E-state index in [1.54, 1.807) is 25.3 Å². The first kappa shape index (κ1) is 14.9. The molecule has 0 unspecified atom stereocenters. The lowest BCUT2D eigenvalue weighted by atomic mass is 10.1. The van der Waals surface area contributed by atoms with E-state index in [9.17, 15) is 4.79 Å². The van der Waals surface area contributed by atoms with Crippen molar-refractivity contribution in [2.45, 2.75) is 6.42 Å². The first-order chi connectivity index (χ1) is 9.58. The maximum atomic E-state index is 12.0. The van der Waals surface area contributed by atoms with Gasteiger partial charge in [-0.05, 0) is 51.8 Å². The Morgan fingerprint density at radius 3 is 2.80 bits per heavy atom. The summed E-state index contributed by atoms with van der Waals surface area (Å²) in [4.78, 5) is 12.0. The number of rotatable bonds is 4. The van der Waals surface area contributed by atoms with E-state index in [1.807, 2.05) is 24.3 Å². The fraction of sp³-hybridized carbons (Fsp3) is 0.133. The molecule has 0 heterocycles. The Morgan fingerprint density at radius 1 is 1.30 bits per heavy atom. The molecule has 0 aliphatic carbocycles. The van der Waals surface area contributed by atoms with Gasteiger partial charge in [-0.15, -0.1) is 0 Å². The lowest BCUT2D eigenvalue weighted by Crippen LogP contribution is -2.14. The third-order valence-corrected chi connectivity index (χ3v) is 3.60. The summed E-state index contributed by atoms with van der Waals surface area (Å²) in [5.74, 6) is 0.643. The van der Waals surface area contributed by atoms with Gasteiger partial charge in [0.25, 0.3) is 0 Å². The number of benzene rings is 2. The molecule has 0 aromatic heterocycles. The number of hydrogen-bond acceptors (Lipinski definition) is 2. The van der Waals surface area contributed by atoms with Crippen molar-refractivity contribution in [2.75, 3.05) is 12.4 Å². The summed E-state index contributed by atoms with van der Waals surface area (Å²) >= 11 is 9.22. The molecule has 3 nitrogen and oxygen atoms in total. The van der Waals surface area contributed by atoms with E-state index >= 15 is 0 Å². The minimum absolute atomic E-state index is 0.0960. The molecule has 2 rings (SSSR count). The molecule has 0 radical (unpaired) electrons. The van der Waals surface area contributed by atoms with E-state index in [2.05, 4.69) is 21.2 Å². The molecule has 104 valence electrons. The maximum Gasteiger partial charge on any atom is 0.228 e. The molecule has 2 aromatic rings. The highest BCUT2D eigenvalue weighted by atomic mass is 79.9. The highest BCUT2D eigenvalue weighted by molar-refractivity contribution is 9.10. The zero-order valence-corrected chi connectivity index (χ0v) is 13.2. The predicted octanol–water partition coefficient (Wildman–Crippen LogP) is 4.29. The van der Waals surface area contributed by atoms with Crippen molar-refractivity contribution in [1.82, 2.24) is 0 Å². The zero-order valence-electron chi connectivity index (χ0n) is 10.8. The summed E-state index contributed by atoms with van der Waals surface area (Å²) in [6, 6.07) is 12.7. The van der Waals surface area contributed by atoms with E-state index in [-0.39, 0.29) is 12.3 Å². The van der Waals surface area contributed by atoms with Crippen LogP contribution >= 0.6 is 27.5 Å². The second kappa shape index (κ2) is 6.77. The standard InChI is InChI=1S/C15H13BrClNO2/c1-20-12-4-2-3-10(7-12)8-15(19)18-14-6-5-11(17)9-13(14)16/h2-7,9H,8H2,1H3,(H,18,19). The summed E-state index contributed by atoms with van der Waals surface area (Å²) in [5, 5.41) is 3.45. The molecule has 1 amide bonds. The van der Waals surface area contributed by atoms with E-state index in [0.29, 0.717) is 10.7 Å². The Bertz CT molecular complexity index is 631. The molecule has 5 heteroatoms. The number of anilines is 1. The van der Waals surface area contributed by atoms with Crippen LogP contribution in [-0.4, -0.2) is 13.0 Å². The second-order valence-electron chi connectivity index (χ2n) is 4.20. The lowest BCUT2D eigenvalue weighted by molar-refractivity contribution is -0.115. The van der Waals surface area contributed by atoms with Crippen molar-refractivity contribution in [3.63, 3.8) is 0 Å². The van der Waals surface area contributed by atoms with Crippen LogP contribution in [0, 0.1) is 0 Å². The smallest absolute Gasteiger partial charge is 0.228 e. The number of carbonyl (C=O) groups is 1. The van der Waals surface area contributed by atoms with Gasteiger partial charge in [0.05, 0.1) is 19.2 Å². The summed E-state index contributed by atoms with van der Waals surface area (Å²) < 4.78 is 5.89. The van der Waals surface area contributed by atoms with Gasteiger partial charge in [-0.1, -0.05) is 23.7 Å². The van der Waals surface area contributed by atoms with Gasteiger partial charge in [0.1, 0.15) is 5.75 Å². The van der Waals surface area contributed by atoms with Gasteiger partial charge in [0.2, 0.25) is 5.91 Å². The third kappa shape index (κ3) is 3.99. The largest absolute Gasteiger partial charge is 0.497 e. The monoisotopic (exact) mass is 353 g/mol. The van der Waals surface area contributed by atoms with Crippen LogP contribution in [0.15, 0.2) is 46.9 Å². The number of ether oxygens (including phenoxy) is 1. The first-order valence-electron chi connectivity index (χ1n) is 5.96. The Kier molecular flexibility index (Phi) is 5.04. The predicted molar refractivity (Wildman–Crippen MR) is 84.5 cm³/mol. The summed E-state index contributed by atoms with van der Waals surface area (Å²) in [6.07, 6.45) is 0.284. The van der Waals surface area contributed by atoms with Gasteiger partial charge in [-0.2, -0.15) is 0 Å². The molecule has 0 aliphatic rings. The Hall–Kier alpha value is -1.52. The number of carbonyl (C=O) groups excluding carboxylic acids is 1. The zero-order chi connectivity index (χ0) is 14.5. The average Bonchev–Trinajstić information content (AvgIpc) is 2.42. The molecule has 0 saturated carbocycles. The highest BCUT2D eigenvalue weighted by Crippen LogP contribution is 2.26. The number of methoxy groups -OCH3 is 1. The average molecular weight is 355 g/mol. The molecule has 20 heavy (non-hydrogen) atoms. The molecule has 0 atom stereocenters. The van der Waals surface area contributed by atoms with E-state index in [0.717, 1.165) is 15.8 Å². The fourth-order valence-electron chi connectivity index (χ4n) is 1.75. The van der Waals surface area contributed by atoms with Gasteiger partial charge in [0.15, 0.2) is 0 Å². The Balaban J connectivity index is 2.05. The van der Waals surface area contributed by atoms with Gasteiger partial charge < -0.3 is 10.1 Å². The lowest BCUT2D eigenvalue weighted by Gasteiger charge is -2.08. The topological polar surface area (TPSA) is 38.3 Å². The van der Waals surface area contributed by atoms with Crippen LogP contribution in [0.5, 0.6) is 5.75 Å². The van der Waals surface area contributed by atoms with E-state index < -0.39 is 0 Å². The third-order valence-electron chi connectivity index (χ3n) is 2.70. The van der Waals surface area contributed by atoms with Gasteiger partial charge in [-0.3, -0.25) is 4.79 Å². The van der Waals surface area contributed by atoms with Crippen molar-refractivity contribution in [3.8, 4) is 5.75 Å². The molecular weight excluding hydrogens is 342 g/mol. The first-order valence-corrected chi connectivity index (χ1v) is 7.13. The Labute approximate surface area is 131 Å². The van der Waals surface area contributed by atoms with Crippen molar-refractivity contribution in [2.24, 2.45) is 0 Å². The normalized spacial score (nSPS) is 10.2. The van der Waals surface area contributed by atoms with Gasteiger partial charge in [0, 0.05) is 9.50 Å². The number of amides is 1. The molecule has 0 spiro atoms. The van der Waals surface area contributed by atoms with Crippen LogP contribution in [0.2, 0.25) is 5.02 Å². The van der Waals surface area contributed by atoms with Crippen LogP contribution in [0.4, 0.5) is 5.69 Å². The van der Waals surface area contributed by atoms with Crippen molar-refractivity contribution < 1.29 is 9.53 Å². The number of hydrogen-bond donors (Lipinski definition) is 1. The van der Waals surface area contributed by atoms with Crippen molar-refractivity contribution in [3.05, 3.63) is 57.5 Å². The molecule has 1 N–H and O–H groups in total. The SMILES string of the molecule is COc1cccc(CC(=O)Nc2ccc(Cl)cc2Br)c1. The fourth-order valence-corrected chi connectivity index (χ4v) is 2.53. The molecular formula is C15H13BrClNO2. The van der Waals surface area contributed by atoms with Crippen LogP contribution in [0.1, 0.15) is 5.56 Å². The molecule has 2 aromatic carbocycles. The van der Waals surface area contributed by atoms with Crippen LogP contribution in [0.3, 0.4) is 0 Å². The van der Waals surface area contributed by atoms with E-state index in [4.69, 9.17) is 16.3 Å². The maximum absolute atomic E-state index is 12.0. The minimum Gasteiger partial charge on any atom is -0.497 e. The van der Waals surface area contributed by atoms with Crippen LogP contribution in [-0.2, 0) is 11.2 Å². The van der Waals surface area contributed by atoms with Crippen molar-refractivity contribution in [1.29, 1.82) is 0 Å². The van der Waals surface area contributed by atoms with Gasteiger partial charge in [-0.25, -0.2) is 0 Å². The number of nitrogens with one attached hydrogen (secondary N) is 1. The minimum atomic E-state index is -0.0960. The van der Waals surface area contributed by atoms with Crippen LogP contribution in [0.25, 0.3) is 0 Å². The Morgan fingerprint density at radius 2 is 2.10 bits per heavy atom. The van der Waals surface area contributed by atoms with Crippen molar-refractivity contribution >= 4 is 39.1 Å². The summed E-state index contributed by atoms with van der Waals surface area (Å²) in [5.41, 5.74) is 1.59. The second-order valence-corrected chi connectivity index (χ2v) is 5.49. The quantitative estimate of drug-likeness (QED) is 0.889. The van der Waals surface area contributed by atoms with Crippen LogP contribution < -0.4 is 10.1 Å².